The number of aromatic nitrogens is 2. The predicted octanol–water partition coefficient (Wildman–Crippen LogP) is 2.27. The fourth-order valence-corrected chi connectivity index (χ4v) is 2.48. The molecule has 4 heteroatoms. The molecule has 1 atom stereocenters. The molecule has 1 aromatic carbocycles. The average molecular weight is 258 g/mol. The van der Waals surface area contributed by atoms with Crippen LogP contribution in [0.25, 0.3) is 0 Å². The minimum absolute atomic E-state index is 0.0910. The number of hydrazine groups is 1. The highest BCUT2D eigenvalue weighted by Gasteiger charge is 2.15. The van der Waals surface area contributed by atoms with Gasteiger partial charge in [0.25, 0.3) is 0 Å². The number of hydrogen-bond acceptors (Lipinski definition) is 3. The number of hydrogen-bond donors (Lipinski definition) is 2. The molecule has 102 valence electrons. The van der Waals surface area contributed by atoms with Crippen LogP contribution in [0.5, 0.6) is 0 Å². The Kier molecular flexibility index (Phi) is 4.35. The maximum absolute atomic E-state index is 5.73. The number of nitrogens with zero attached hydrogens (tertiary/aromatic N) is 2. The van der Waals surface area contributed by atoms with Gasteiger partial charge in [-0.15, -0.1) is 0 Å². The molecule has 19 heavy (non-hydrogen) atoms. The lowest BCUT2D eigenvalue weighted by molar-refractivity contribution is 0.521. The second-order valence-electron chi connectivity index (χ2n) is 4.91. The highest BCUT2D eigenvalue weighted by atomic mass is 15.2. The van der Waals surface area contributed by atoms with E-state index in [0.29, 0.717) is 0 Å². The molecule has 3 N–H and O–H groups in total. The molecule has 0 aliphatic rings. The van der Waals surface area contributed by atoms with E-state index < -0.39 is 0 Å². The minimum Gasteiger partial charge on any atom is -0.335 e. The molecule has 0 fully saturated rings. The smallest absolute Gasteiger partial charge is 0.110 e. The summed E-state index contributed by atoms with van der Waals surface area (Å²) in [6.07, 6.45) is 4.64. The van der Waals surface area contributed by atoms with Gasteiger partial charge >= 0.3 is 0 Å². The Morgan fingerprint density at radius 1 is 1.37 bits per heavy atom. The normalized spacial score (nSPS) is 12.6. The van der Waals surface area contributed by atoms with Crippen LogP contribution in [0, 0.1) is 13.8 Å². The third-order valence-corrected chi connectivity index (χ3v) is 3.53. The van der Waals surface area contributed by atoms with Crippen molar-refractivity contribution in [2.45, 2.75) is 39.8 Å². The molecule has 0 aliphatic carbocycles. The van der Waals surface area contributed by atoms with Gasteiger partial charge in [-0.1, -0.05) is 23.8 Å². The van der Waals surface area contributed by atoms with Crippen molar-refractivity contribution in [1.82, 2.24) is 15.0 Å². The monoisotopic (exact) mass is 258 g/mol. The van der Waals surface area contributed by atoms with Gasteiger partial charge in [0, 0.05) is 25.4 Å². The van der Waals surface area contributed by atoms with Gasteiger partial charge < -0.3 is 4.57 Å². The topological polar surface area (TPSA) is 55.9 Å². The summed E-state index contributed by atoms with van der Waals surface area (Å²) in [5.41, 5.74) is 6.68. The Balaban J connectivity index is 2.25. The van der Waals surface area contributed by atoms with E-state index in [9.17, 15) is 0 Å². The van der Waals surface area contributed by atoms with Gasteiger partial charge in [0.05, 0.1) is 6.04 Å². The zero-order valence-corrected chi connectivity index (χ0v) is 11.9. The van der Waals surface area contributed by atoms with Gasteiger partial charge in [0.2, 0.25) is 0 Å². The van der Waals surface area contributed by atoms with Crippen LogP contribution in [-0.4, -0.2) is 9.55 Å². The highest BCUT2D eigenvalue weighted by Crippen LogP contribution is 2.21. The average Bonchev–Trinajstić information content (AvgIpc) is 2.84. The van der Waals surface area contributed by atoms with Crippen LogP contribution in [0.1, 0.15) is 35.5 Å². The fraction of sp³-hybridized carbons (Fsp3) is 0.400. The van der Waals surface area contributed by atoms with E-state index in [4.69, 9.17) is 5.84 Å². The summed E-state index contributed by atoms with van der Waals surface area (Å²) in [5.74, 6) is 6.79. The SMILES string of the molecule is CCn1ccnc1CC(NN)c1ccc(C)cc1C. The molecular formula is C15H22N4. The Labute approximate surface area is 114 Å². The molecule has 0 aliphatic heterocycles. The maximum atomic E-state index is 5.73. The largest absolute Gasteiger partial charge is 0.335 e. The molecule has 4 nitrogen and oxygen atoms in total. The summed E-state index contributed by atoms with van der Waals surface area (Å²) in [4.78, 5) is 4.41. The predicted molar refractivity (Wildman–Crippen MR) is 77.6 cm³/mol. The van der Waals surface area contributed by atoms with Crippen molar-refractivity contribution in [2.75, 3.05) is 0 Å². The first-order valence-corrected chi connectivity index (χ1v) is 6.69. The summed E-state index contributed by atoms with van der Waals surface area (Å²) in [7, 11) is 0. The molecule has 0 amide bonds. The van der Waals surface area contributed by atoms with Crippen LogP contribution in [0.2, 0.25) is 0 Å². The molecule has 0 radical (unpaired) electrons. The minimum atomic E-state index is 0.0910. The molecule has 1 aromatic heterocycles. The van der Waals surface area contributed by atoms with Gasteiger partial charge in [0.1, 0.15) is 5.82 Å². The van der Waals surface area contributed by atoms with Crippen molar-refractivity contribution in [1.29, 1.82) is 0 Å². The van der Waals surface area contributed by atoms with Crippen molar-refractivity contribution in [2.24, 2.45) is 5.84 Å². The lowest BCUT2D eigenvalue weighted by atomic mass is 9.97. The van der Waals surface area contributed by atoms with Crippen LogP contribution >= 0.6 is 0 Å². The zero-order chi connectivity index (χ0) is 13.8. The van der Waals surface area contributed by atoms with Crippen molar-refractivity contribution in [3.8, 4) is 0 Å². The van der Waals surface area contributed by atoms with Gasteiger partial charge in [-0.3, -0.25) is 11.3 Å². The van der Waals surface area contributed by atoms with Crippen molar-refractivity contribution in [3.63, 3.8) is 0 Å². The van der Waals surface area contributed by atoms with Crippen LogP contribution in [-0.2, 0) is 13.0 Å². The first-order valence-electron chi connectivity index (χ1n) is 6.69. The first-order chi connectivity index (χ1) is 9.15. The maximum Gasteiger partial charge on any atom is 0.110 e. The third kappa shape index (κ3) is 3.03. The van der Waals surface area contributed by atoms with Crippen LogP contribution < -0.4 is 11.3 Å². The second kappa shape index (κ2) is 5.99. The zero-order valence-electron chi connectivity index (χ0n) is 11.9. The van der Waals surface area contributed by atoms with Gasteiger partial charge in [-0.25, -0.2) is 4.98 Å². The Morgan fingerprint density at radius 2 is 2.16 bits per heavy atom. The molecule has 0 bridgehead atoms. The molecule has 0 spiro atoms. The van der Waals surface area contributed by atoms with E-state index in [1.54, 1.807) is 0 Å². The molecule has 0 saturated heterocycles. The van der Waals surface area contributed by atoms with Crippen molar-refractivity contribution in [3.05, 3.63) is 53.1 Å². The fourth-order valence-electron chi connectivity index (χ4n) is 2.48. The summed E-state index contributed by atoms with van der Waals surface area (Å²) < 4.78 is 2.15. The second-order valence-corrected chi connectivity index (χ2v) is 4.91. The summed E-state index contributed by atoms with van der Waals surface area (Å²) in [6, 6.07) is 6.55. The molecule has 1 heterocycles. The van der Waals surface area contributed by atoms with Crippen molar-refractivity contribution < 1.29 is 0 Å². The van der Waals surface area contributed by atoms with Crippen LogP contribution in [0.4, 0.5) is 0 Å². The number of rotatable bonds is 5. The quantitative estimate of drug-likeness (QED) is 0.639. The Morgan fingerprint density at radius 3 is 2.79 bits per heavy atom. The highest BCUT2D eigenvalue weighted by molar-refractivity contribution is 5.33. The molecule has 0 saturated carbocycles. The lowest BCUT2D eigenvalue weighted by Crippen LogP contribution is -2.31. The van der Waals surface area contributed by atoms with Crippen LogP contribution in [0.3, 0.4) is 0 Å². The number of nitrogens with two attached hydrogens (primary N) is 1. The van der Waals surface area contributed by atoms with E-state index in [1.165, 1.54) is 16.7 Å². The van der Waals surface area contributed by atoms with Gasteiger partial charge in [0.15, 0.2) is 0 Å². The summed E-state index contributed by atoms with van der Waals surface area (Å²) in [6.45, 7) is 7.27. The van der Waals surface area contributed by atoms with E-state index in [1.807, 2.05) is 12.4 Å². The number of benzene rings is 1. The Bertz CT molecular complexity index is 545. The standard InChI is InChI=1S/C15H22N4/c1-4-19-8-7-17-15(19)10-14(18-16)13-6-5-11(2)9-12(13)3/h5-9,14,18H,4,10,16H2,1-3H3. The molecular weight excluding hydrogens is 236 g/mol. The lowest BCUT2D eigenvalue weighted by Gasteiger charge is -2.19. The number of aryl methyl sites for hydroxylation is 3. The Hall–Kier alpha value is -1.65. The third-order valence-electron chi connectivity index (χ3n) is 3.53. The van der Waals surface area contributed by atoms with Crippen molar-refractivity contribution >= 4 is 0 Å². The van der Waals surface area contributed by atoms with E-state index >= 15 is 0 Å². The molecule has 2 aromatic rings. The van der Waals surface area contributed by atoms with E-state index in [2.05, 4.69) is 53.9 Å². The van der Waals surface area contributed by atoms with E-state index in [0.717, 1.165) is 18.8 Å². The number of imidazole rings is 1. The molecule has 2 rings (SSSR count). The van der Waals surface area contributed by atoms with Crippen LogP contribution in [0.15, 0.2) is 30.6 Å². The van der Waals surface area contributed by atoms with E-state index in [-0.39, 0.29) is 6.04 Å². The molecule has 1 unspecified atom stereocenters. The van der Waals surface area contributed by atoms with Gasteiger partial charge in [-0.05, 0) is 31.9 Å². The number of nitrogens with one attached hydrogen (secondary N) is 1. The summed E-state index contributed by atoms with van der Waals surface area (Å²) >= 11 is 0. The van der Waals surface area contributed by atoms with Gasteiger partial charge in [-0.2, -0.15) is 0 Å². The summed E-state index contributed by atoms with van der Waals surface area (Å²) in [5, 5.41) is 0. The first kappa shape index (κ1) is 13.8.